The van der Waals surface area contributed by atoms with Crippen molar-refractivity contribution in [3.05, 3.63) is 96.1 Å². The SMILES string of the molecule is O[C@@H](CNCc1ccccc1)COc1ccc(OC[C@@H](O)CNCc2ccccc2)cc1. The maximum atomic E-state index is 10.1. The van der Waals surface area contributed by atoms with Gasteiger partial charge < -0.3 is 30.3 Å². The quantitative estimate of drug-likeness (QED) is 0.311. The Hall–Kier alpha value is -2.90. The second kappa shape index (κ2) is 13.5. The Labute approximate surface area is 189 Å². The molecule has 3 aromatic rings. The third-order valence-corrected chi connectivity index (χ3v) is 4.81. The lowest BCUT2D eigenvalue weighted by atomic mass is 10.2. The highest BCUT2D eigenvalue weighted by molar-refractivity contribution is 5.31. The molecule has 3 rings (SSSR count). The van der Waals surface area contributed by atoms with E-state index in [0.29, 0.717) is 37.7 Å². The first-order valence-electron chi connectivity index (χ1n) is 10.9. The van der Waals surface area contributed by atoms with Crippen molar-refractivity contribution in [2.24, 2.45) is 0 Å². The van der Waals surface area contributed by atoms with Crippen molar-refractivity contribution in [1.29, 1.82) is 0 Å². The van der Waals surface area contributed by atoms with Gasteiger partial charge in [0.1, 0.15) is 36.9 Å². The fraction of sp³-hybridized carbons (Fsp3) is 0.308. The number of ether oxygens (including phenoxy) is 2. The van der Waals surface area contributed by atoms with E-state index in [1.807, 2.05) is 60.7 Å². The normalized spacial score (nSPS) is 12.8. The highest BCUT2D eigenvalue weighted by atomic mass is 16.5. The monoisotopic (exact) mass is 436 g/mol. The lowest BCUT2D eigenvalue weighted by molar-refractivity contribution is 0.104. The molecule has 0 unspecified atom stereocenters. The van der Waals surface area contributed by atoms with E-state index in [1.54, 1.807) is 24.3 Å². The van der Waals surface area contributed by atoms with Gasteiger partial charge in [0.2, 0.25) is 0 Å². The van der Waals surface area contributed by atoms with Crippen LogP contribution < -0.4 is 20.1 Å². The Balaban J connectivity index is 1.27. The standard InChI is InChI=1S/C26H32N2O4/c29-23(17-27-15-21-7-3-1-4-8-21)19-31-25-11-13-26(14-12-25)32-20-24(30)18-28-16-22-9-5-2-6-10-22/h1-14,23-24,27-30H,15-20H2/t23-,24-/m0/s1. The molecule has 170 valence electrons. The summed E-state index contributed by atoms with van der Waals surface area (Å²) in [5, 5.41) is 26.6. The summed E-state index contributed by atoms with van der Waals surface area (Å²) < 4.78 is 11.3. The smallest absolute Gasteiger partial charge is 0.119 e. The molecule has 6 nitrogen and oxygen atoms in total. The summed E-state index contributed by atoms with van der Waals surface area (Å²) in [7, 11) is 0. The summed E-state index contributed by atoms with van der Waals surface area (Å²) in [4.78, 5) is 0. The van der Waals surface area contributed by atoms with E-state index < -0.39 is 12.2 Å². The third kappa shape index (κ3) is 9.08. The predicted octanol–water partition coefficient (Wildman–Crippen LogP) is 2.75. The molecule has 0 saturated heterocycles. The average molecular weight is 437 g/mol. The number of hydrogen-bond acceptors (Lipinski definition) is 6. The van der Waals surface area contributed by atoms with E-state index in [1.165, 1.54) is 11.1 Å². The van der Waals surface area contributed by atoms with Gasteiger partial charge in [0.05, 0.1) is 0 Å². The minimum absolute atomic E-state index is 0.202. The van der Waals surface area contributed by atoms with Crippen LogP contribution in [0.3, 0.4) is 0 Å². The number of aliphatic hydroxyl groups is 2. The van der Waals surface area contributed by atoms with Gasteiger partial charge in [-0.3, -0.25) is 0 Å². The van der Waals surface area contributed by atoms with Gasteiger partial charge in [-0.2, -0.15) is 0 Å². The fourth-order valence-electron chi connectivity index (χ4n) is 3.09. The van der Waals surface area contributed by atoms with Crippen molar-refractivity contribution in [2.75, 3.05) is 26.3 Å². The van der Waals surface area contributed by atoms with Crippen molar-refractivity contribution in [3.8, 4) is 11.5 Å². The minimum Gasteiger partial charge on any atom is -0.491 e. The molecule has 6 heteroatoms. The lowest BCUT2D eigenvalue weighted by Crippen LogP contribution is -2.31. The van der Waals surface area contributed by atoms with Crippen LogP contribution in [-0.2, 0) is 13.1 Å². The molecule has 0 bridgehead atoms. The number of benzene rings is 3. The zero-order valence-corrected chi connectivity index (χ0v) is 18.2. The van der Waals surface area contributed by atoms with Crippen LogP contribution in [0.25, 0.3) is 0 Å². The van der Waals surface area contributed by atoms with E-state index in [4.69, 9.17) is 9.47 Å². The van der Waals surface area contributed by atoms with Crippen LogP contribution >= 0.6 is 0 Å². The fourth-order valence-corrected chi connectivity index (χ4v) is 3.09. The highest BCUT2D eigenvalue weighted by Crippen LogP contribution is 2.18. The van der Waals surface area contributed by atoms with Gasteiger partial charge >= 0.3 is 0 Å². The molecule has 0 heterocycles. The van der Waals surface area contributed by atoms with Crippen LogP contribution in [0.5, 0.6) is 11.5 Å². The Kier molecular flexibility index (Phi) is 10.0. The predicted molar refractivity (Wildman–Crippen MR) is 126 cm³/mol. The number of aliphatic hydroxyl groups excluding tert-OH is 2. The van der Waals surface area contributed by atoms with Crippen LogP contribution in [0.1, 0.15) is 11.1 Å². The van der Waals surface area contributed by atoms with Crippen LogP contribution in [0, 0.1) is 0 Å². The Morgan fingerprint density at radius 2 is 0.938 bits per heavy atom. The molecule has 0 amide bonds. The molecular weight excluding hydrogens is 404 g/mol. The molecule has 0 aliphatic rings. The first kappa shape index (κ1) is 23.8. The second-order valence-corrected chi connectivity index (χ2v) is 7.63. The van der Waals surface area contributed by atoms with Gasteiger partial charge in [0.15, 0.2) is 0 Å². The maximum absolute atomic E-state index is 10.1. The van der Waals surface area contributed by atoms with E-state index in [-0.39, 0.29) is 13.2 Å². The van der Waals surface area contributed by atoms with Crippen molar-refractivity contribution in [1.82, 2.24) is 10.6 Å². The summed E-state index contributed by atoms with van der Waals surface area (Å²) in [6.45, 7) is 2.72. The van der Waals surface area contributed by atoms with Crippen LogP contribution in [0.2, 0.25) is 0 Å². The molecule has 0 saturated carbocycles. The molecule has 2 atom stereocenters. The minimum atomic E-state index is -0.604. The van der Waals surface area contributed by atoms with Crippen LogP contribution in [0.15, 0.2) is 84.9 Å². The Morgan fingerprint density at radius 3 is 1.31 bits per heavy atom. The second-order valence-electron chi connectivity index (χ2n) is 7.63. The van der Waals surface area contributed by atoms with Crippen molar-refractivity contribution >= 4 is 0 Å². The first-order chi connectivity index (χ1) is 15.7. The van der Waals surface area contributed by atoms with E-state index in [2.05, 4.69) is 10.6 Å². The van der Waals surface area contributed by atoms with Gasteiger partial charge in [0.25, 0.3) is 0 Å². The van der Waals surface area contributed by atoms with Crippen LogP contribution in [0.4, 0.5) is 0 Å². The number of hydrogen-bond donors (Lipinski definition) is 4. The summed E-state index contributed by atoms with van der Waals surface area (Å²) in [6.07, 6.45) is -1.21. The molecule has 4 N–H and O–H groups in total. The largest absolute Gasteiger partial charge is 0.491 e. The van der Waals surface area contributed by atoms with Gasteiger partial charge in [-0.05, 0) is 35.4 Å². The number of nitrogens with one attached hydrogen (secondary N) is 2. The molecule has 0 aliphatic heterocycles. The van der Waals surface area contributed by atoms with Gasteiger partial charge in [-0.25, -0.2) is 0 Å². The topological polar surface area (TPSA) is 83.0 Å². The van der Waals surface area contributed by atoms with E-state index in [0.717, 1.165) is 0 Å². The van der Waals surface area contributed by atoms with Gasteiger partial charge in [-0.15, -0.1) is 0 Å². The lowest BCUT2D eigenvalue weighted by Gasteiger charge is -2.15. The maximum Gasteiger partial charge on any atom is 0.119 e. The summed E-state index contributed by atoms with van der Waals surface area (Å²) in [6, 6.07) is 27.3. The van der Waals surface area contributed by atoms with Gasteiger partial charge in [0, 0.05) is 26.2 Å². The molecule has 32 heavy (non-hydrogen) atoms. The third-order valence-electron chi connectivity index (χ3n) is 4.81. The highest BCUT2D eigenvalue weighted by Gasteiger charge is 2.07. The molecule has 0 fully saturated rings. The molecule has 0 spiro atoms. The van der Waals surface area contributed by atoms with E-state index >= 15 is 0 Å². The molecular formula is C26H32N2O4. The summed E-state index contributed by atoms with van der Waals surface area (Å²) in [5.74, 6) is 1.31. The van der Waals surface area contributed by atoms with Crippen molar-refractivity contribution in [2.45, 2.75) is 25.3 Å². The Bertz CT molecular complexity index is 801. The molecule has 0 radical (unpaired) electrons. The summed E-state index contributed by atoms with van der Waals surface area (Å²) >= 11 is 0. The van der Waals surface area contributed by atoms with Crippen molar-refractivity contribution < 1.29 is 19.7 Å². The van der Waals surface area contributed by atoms with Crippen molar-refractivity contribution in [3.63, 3.8) is 0 Å². The zero-order chi connectivity index (χ0) is 22.4. The van der Waals surface area contributed by atoms with E-state index in [9.17, 15) is 10.2 Å². The molecule has 3 aromatic carbocycles. The average Bonchev–Trinajstić information content (AvgIpc) is 2.83. The zero-order valence-electron chi connectivity index (χ0n) is 18.2. The first-order valence-corrected chi connectivity index (χ1v) is 10.9. The molecule has 0 aromatic heterocycles. The number of rotatable bonds is 14. The van der Waals surface area contributed by atoms with Gasteiger partial charge in [-0.1, -0.05) is 60.7 Å². The van der Waals surface area contributed by atoms with Crippen LogP contribution in [-0.4, -0.2) is 48.7 Å². The Morgan fingerprint density at radius 1 is 0.562 bits per heavy atom. The molecule has 0 aliphatic carbocycles. The summed E-state index contributed by atoms with van der Waals surface area (Å²) in [5.41, 5.74) is 2.35.